The Bertz CT molecular complexity index is 696. The van der Waals surface area contributed by atoms with Crippen molar-refractivity contribution >= 4 is 23.0 Å². The highest BCUT2D eigenvalue weighted by Gasteiger charge is 2.18. The maximum absolute atomic E-state index is 12.4. The number of nitrogens with zero attached hydrogens (tertiary/aromatic N) is 1. The molecule has 0 radical (unpaired) electrons. The van der Waals surface area contributed by atoms with Crippen LogP contribution in [0.25, 0.3) is 0 Å². The van der Waals surface area contributed by atoms with Gasteiger partial charge in [-0.05, 0) is 43.2 Å². The van der Waals surface area contributed by atoms with Gasteiger partial charge in [0.15, 0.2) is 0 Å². The van der Waals surface area contributed by atoms with Crippen LogP contribution in [0.2, 0.25) is 0 Å². The largest absolute Gasteiger partial charge is 0.382 e. The lowest BCUT2D eigenvalue weighted by molar-refractivity contribution is -0.115. The van der Waals surface area contributed by atoms with Crippen molar-refractivity contribution in [1.29, 1.82) is 0 Å². The zero-order valence-corrected chi connectivity index (χ0v) is 13.0. The number of fused-ring (bicyclic) bond motifs is 1. The molecule has 0 atom stereocenters. The fourth-order valence-corrected chi connectivity index (χ4v) is 2.74. The normalized spacial score (nSPS) is 13.3. The molecule has 0 saturated heterocycles. The molecule has 0 bridgehead atoms. The predicted octanol–water partition coefficient (Wildman–Crippen LogP) is 3.17. The number of amides is 1. The van der Waals surface area contributed by atoms with Crippen molar-refractivity contribution in [3.8, 4) is 0 Å². The van der Waals surface area contributed by atoms with E-state index in [1.165, 1.54) is 0 Å². The standard InChI is InChI=1S/C18H21N3O/c1-13-7-8-14(2)16(11-13)20-18(22)12-21-10-9-19-15-5-3-4-6-17(15)21/h3-8,11,19H,9-10,12H2,1-2H3,(H,20,22). The van der Waals surface area contributed by atoms with Crippen molar-refractivity contribution in [2.45, 2.75) is 13.8 Å². The van der Waals surface area contributed by atoms with Gasteiger partial charge in [0, 0.05) is 18.8 Å². The third-order valence-electron chi connectivity index (χ3n) is 3.94. The van der Waals surface area contributed by atoms with E-state index in [4.69, 9.17) is 0 Å². The Hall–Kier alpha value is -2.49. The first-order valence-electron chi connectivity index (χ1n) is 7.58. The molecule has 0 aromatic heterocycles. The first kappa shape index (κ1) is 14.4. The number of hydrogen-bond donors (Lipinski definition) is 2. The molecule has 0 unspecified atom stereocenters. The molecule has 1 amide bonds. The van der Waals surface area contributed by atoms with E-state index in [0.717, 1.165) is 41.3 Å². The summed E-state index contributed by atoms with van der Waals surface area (Å²) < 4.78 is 0. The molecule has 114 valence electrons. The lowest BCUT2D eigenvalue weighted by atomic mass is 10.1. The fourth-order valence-electron chi connectivity index (χ4n) is 2.74. The maximum atomic E-state index is 12.4. The number of carbonyl (C=O) groups is 1. The highest BCUT2D eigenvalue weighted by Crippen LogP contribution is 2.28. The summed E-state index contributed by atoms with van der Waals surface area (Å²) in [7, 11) is 0. The predicted molar refractivity (Wildman–Crippen MR) is 91.7 cm³/mol. The van der Waals surface area contributed by atoms with Crippen molar-refractivity contribution in [2.24, 2.45) is 0 Å². The second-order valence-corrected chi connectivity index (χ2v) is 5.73. The number of rotatable bonds is 3. The monoisotopic (exact) mass is 295 g/mol. The Morgan fingerprint density at radius 2 is 2.05 bits per heavy atom. The second kappa shape index (κ2) is 6.10. The molecule has 0 fully saturated rings. The van der Waals surface area contributed by atoms with Crippen LogP contribution >= 0.6 is 0 Å². The molecular formula is C18H21N3O. The van der Waals surface area contributed by atoms with Crippen LogP contribution < -0.4 is 15.5 Å². The number of anilines is 3. The van der Waals surface area contributed by atoms with Crippen molar-refractivity contribution in [3.05, 3.63) is 53.6 Å². The van der Waals surface area contributed by atoms with Crippen LogP contribution in [0, 0.1) is 13.8 Å². The molecule has 4 heteroatoms. The van der Waals surface area contributed by atoms with Gasteiger partial charge in [-0.2, -0.15) is 0 Å². The smallest absolute Gasteiger partial charge is 0.243 e. The number of nitrogens with one attached hydrogen (secondary N) is 2. The Labute approximate surface area is 131 Å². The van der Waals surface area contributed by atoms with Gasteiger partial charge >= 0.3 is 0 Å². The molecule has 0 spiro atoms. The van der Waals surface area contributed by atoms with Gasteiger partial charge in [-0.1, -0.05) is 24.3 Å². The molecule has 2 N–H and O–H groups in total. The van der Waals surface area contributed by atoms with E-state index in [9.17, 15) is 4.79 Å². The fraction of sp³-hybridized carbons (Fsp3) is 0.278. The number of carbonyl (C=O) groups excluding carboxylic acids is 1. The number of aryl methyl sites for hydroxylation is 2. The number of hydrogen-bond acceptors (Lipinski definition) is 3. The molecule has 0 saturated carbocycles. The van der Waals surface area contributed by atoms with Crippen molar-refractivity contribution in [2.75, 3.05) is 35.2 Å². The van der Waals surface area contributed by atoms with Gasteiger partial charge in [0.25, 0.3) is 0 Å². The van der Waals surface area contributed by atoms with E-state index >= 15 is 0 Å². The first-order valence-corrected chi connectivity index (χ1v) is 7.58. The van der Waals surface area contributed by atoms with Crippen LogP contribution in [0.4, 0.5) is 17.1 Å². The van der Waals surface area contributed by atoms with Gasteiger partial charge in [-0.15, -0.1) is 0 Å². The van der Waals surface area contributed by atoms with Crippen LogP contribution in [0.15, 0.2) is 42.5 Å². The van der Waals surface area contributed by atoms with Crippen LogP contribution in [0.1, 0.15) is 11.1 Å². The van der Waals surface area contributed by atoms with E-state index < -0.39 is 0 Å². The van der Waals surface area contributed by atoms with Crippen LogP contribution in [-0.2, 0) is 4.79 Å². The Kier molecular flexibility index (Phi) is 4.00. The van der Waals surface area contributed by atoms with E-state index in [1.54, 1.807) is 0 Å². The summed E-state index contributed by atoms with van der Waals surface area (Å²) in [5.41, 5.74) is 5.31. The lowest BCUT2D eigenvalue weighted by Crippen LogP contribution is -2.39. The van der Waals surface area contributed by atoms with E-state index in [-0.39, 0.29) is 5.91 Å². The molecule has 1 aliphatic rings. The zero-order valence-electron chi connectivity index (χ0n) is 13.0. The summed E-state index contributed by atoms with van der Waals surface area (Å²) in [6, 6.07) is 14.2. The quantitative estimate of drug-likeness (QED) is 0.914. The van der Waals surface area contributed by atoms with Gasteiger partial charge in [-0.25, -0.2) is 0 Å². The van der Waals surface area contributed by atoms with Gasteiger partial charge in [0.1, 0.15) is 0 Å². The van der Waals surface area contributed by atoms with Crippen molar-refractivity contribution in [1.82, 2.24) is 0 Å². The van der Waals surface area contributed by atoms with Gasteiger partial charge in [-0.3, -0.25) is 4.79 Å². The summed E-state index contributed by atoms with van der Waals surface area (Å²) in [5.74, 6) is 0.0189. The van der Waals surface area contributed by atoms with E-state index in [0.29, 0.717) is 6.54 Å². The van der Waals surface area contributed by atoms with Crippen LogP contribution in [0.3, 0.4) is 0 Å². The SMILES string of the molecule is Cc1ccc(C)c(NC(=O)CN2CCNc3ccccc32)c1. The van der Waals surface area contributed by atoms with Gasteiger partial charge in [0.05, 0.1) is 17.9 Å². The average Bonchev–Trinajstić information content (AvgIpc) is 2.51. The van der Waals surface area contributed by atoms with Crippen LogP contribution in [0.5, 0.6) is 0 Å². The molecule has 3 rings (SSSR count). The number of benzene rings is 2. The zero-order chi connectivity index (χ0) is 15.5. The van der Waals surface area contributed by atoms with Crippen molar-refractivity contribution < 1.29 is 4.79 Å². The molecule has 1 aliphatic heterocycles. The lowest BCUT2D eigenvalue weighted by Gasteiger charge is -2.31. The topological polar surface area (TPSA) is 44.4 Å². The molecule has 22 heavy (non-hydrogen) atoms. The maximum Gasteiger partial charge on any atom is 0.243 e. The summed E-state index contributed by atoms with van der Waals surface area (Å²) in [4.78, 5) is 14.5. The molecular weight excluding hydrogens is 274 g/mol. The minimum Gasteiger partial charge on any atom is -0.382 e. The minimum absolute atomic E-state index is 0.0189. The summed E-state index contributed by atoms with van der Waals surface area (Å²) in [5, 5.41) is 6.39. The minimum atomic E-state index is 0.0189. The molecule has 0 aliphatic carbocycles. The third kappa shape index (κ3) is 3.06. The molecule has 2 aromatic rings. The summed E-state index contributed by atoms with van der Waals surface area (Å²) in [6.45, 7) is 6.09. The summed E-state index contributed by atoms with van der Waals surface area (Å²) in [6.07, 6.45) is 0. The molecule has 2 aromatic carbocycles. The van der Waals surface area contributed by atoms with E-state index in [2.05, 4.69) is 21.6 Å². The number of para-hydroxylation sites is 2. The van der Waals surface area contributed by atoms with Gasteiger partial charge in [0.2, 0.25) is 5.91 Å². The second-order valence-electron chi connectivity index (χ2n) is 5.73. The Morgan fingerprint density at radius 3 is 2.91 bits per heavy atom. The van der Waals surface area contributed by atoms with E-state index in [1.807, 2.05) is 50.2 Å². The van der Waals surface area contributed by atoms with Crippen molar-refractivity contribution in [3.63, 3.8) is 0 Å². The molecule has 1 heterocycles. The highest BCUT2D eigenvalue weighted by atomic mass is 16.2. The molecule has 4 nitrogen and oxygen atoms in total. The van der Waals surface area contributed by atoms with Gasteiger partial charge < -0.3 is 15.5 Å². The average molecular weight is 295 g/mol. The van der Waals surface area contributed by atoms with Crippen LogP contribution in [-0.4, -0.2) is 25.5 Å². The highest BCUT2D eigenvalue weighted by molar-refractivity contribution is 5.95. The Balaban J connectivity index is 1.72. The Morgan fingerprint density at radius 1 is 1.23 bits per heavy atom. The summed E-state index contributed by atoms with van der Waals surface area (Å²) >= 11 is 0. The first-order chi connectivity index (χ1) is 10.6. The third-order valence-corrected chi connectivity index (χ3v) is 3.94.